The molecule has 2 aliphatic rings. The van der Waals surface area contributed by atoms with Crippen LogP contribution in [0.2, 0.25) is 0 Å². The molecule has 0 spiro atoms. The highest BCUT2D eigenvalue weighted by Gasteiger charge is 2.38. The lowest BCUT2D eigenvalue weighted by atomic mass is 10.1. The third kappa shape index (κ3) is 3.70. The molecule has 3 heterocycles. The molecule has 8 nitrogen and oxygen atoms in total. The van der Waals surface area contributed by atoms with Gasteiger partial charge in [0, 0.05) is 32.2 Å². The van der Waals surface area contributed by atoms with Crippen molar-refractivity contribution >= 4 is 15.8 Å². The number of fused-ring (bicyclic) bond motifs is 1. The van der Waals surface area contributed by atoms with E-state index in [0.29, 0.717) is 24.5 Å². The van der Waals surface area contributed by atoms with Crippen molar-refractivity contribution in [3.63, 3.8) is 0 Å². The standard InChI is InChI=1S/C20H27N5O3S/c1-21-19-16-10-12-24(2)13-17(16)22-20(23-19)18-5-4-11-25(18)29(26,27)15-8-6-14(28-3)7-9-15/h6-9,18H,4-5,10-13H2,1-3H3,(H,21,22,23). The van der Waals surface area contributed by atoms with Crippen LogP contribution in [0.1, 0.15) is 36.0 Å². The first-order valence-electron chi connectivity index (χ1n) is 9.86. The SMILES string of the molecule is CNc1nc(C2CCCN2S(=O)(=O)c2ccc(OC)cc2)nc2c1CCN(C)C2. The number of aromatic nitrogens is 2. The van der Waals surface area contributed by atoms with Crippen LogP contribution in [-0.2, 0) is 23.0 Å². The van der Waals surface area contributed by atoms with Crippen LogP contribution < -0.4 is 10.1 Å². The molecule has 2 aliphatic heterocycles. The zero-order valence-corrected chi connectivity index (χ0v) is 17.9. The van der Waals surface area contributed by atoms with Gasteiger partial charge in [0.25, 0.3) is 0 Å². The molecule has 29 heavy (non-hydrogen) atoms. The first-order valence-corrected chi connectivity index (χ1v) is 11.3. The minimum atomic E-state index is -3.65. The predicted molar refractivity (Wildman–Crippen MR) is 110 cm³/mol. The van der Waals surface area contributed by atoms with Crippen LogP contribution >= 0.6 is 0 Å². The van der Waals surface area contributed by atoms with Gasteiger partial charge in [-0.25, -0.2) is 18.4 Å². The number of rotatable bonds is 5. The molecule has 0 aliphatic carbocycles. The Kier molecular flexibility index (Phi) is 5.46. The molecular weight excluding hydrogens is 390 g/mol. The summed E-state index contributed by atoms with van der Waals surface area (Å²) >= 11 is 0. The van der Waals surface area contributed by atoms with Gasteiger partial charge in [-0.3, -0.25) is 0 Å². The van der Waals surface area contributed by atoms with Crippen LogP contribution in [0.5, 0.6) is 5.75 Å². The van der Waals surface area contributed by atoms with Crippen molar-refractivity contribution in [2.24, 2.45) is 0 Å². The lowest BCUT2D eigenvalue weighted by molar-refractivity contribution is 0.304. The molecule has 156 valence electrons. The maximum absolute atomic E-state index is 13.3. The van der Waals surface area contributed by atoms with Gasteiger partial charge in [0.1, 0.15) is 17.4 Å². The van der Waals surface area contributed by atoms with Crippen molar-refractivity contribution in [2.45, 2.75) is 36.7 Å². The smallest absolute Gasteiger partial charge is 0.243 e. The van der Waals surface area contributed by atoms with Crippen molar-refractivity contribution in [3.8, 4) is 5.75 Å². The largest absolute Gasteiger partial charge is 0.497 e. The molecule has 1 saturated heterocycles. The first-order chi connectivity index (χ1) is 13.9. The topological polar surface area (TPSA) is 87.7 Å². The average molecular weight is 418 g/mol. The van der Waals surface area contributed by atoms with Crippen molar-refractivity contribution in [2.75, 3.05) is 39.6 Å². The number of ether oxygens (including phenoxy) is 1. The molecule has 0 radical (unpaired) electrons. The Morgan fingerprint density at radius 2 is 1.93 bits per heavy atom. The Hall–Kier alpha value is -2.23. The molecule has 0 amide bonds. The summed E-state index contributed by atoms with van der Waals surface area (Å²) in [5.41, 5.74) is 2.12. The first kappa shape index (κ1) is 20.1. The van der Waals surface area contributed by atoms with E-state index in [1.54, 1.807) is 35.7 Å². The molecule has 1 atom stereocenters. The number of hydrogen-bond donors (Lipinski definition) is 1. The molecule has 0 bridgehead atoms. The minimum absolute atomic E-state index is 0.261. The zero-order chi connectivity index (χ0) is 20.6. The summed E-state index contributed by atoms with van der Waals surface area (Å²) < 4.78 is 33.3. The van der Waals surface area contributed by atoms with Crippen LogP contribution in [0.25, 0.3) is 0 Å². The van der Waals surface area contributed by atoms with Gasteiger partial charge < -0.3 is 15.0 Å². The summed E-state index contributed by atoms with van der Waals surface area (Å²) in [7, 11) is 1.84. The number of likely N-dealkylation sites (N-methyl/N-ethyl adjacent to an activating group) is 1. The minimum Gasteiger partial charge on any atom is -0.497 e. The van der Waals surface area contributed by atoms with E-state index in [1.165, 1.54) is 0 Å². The maximum atomic E-state index is 13.3. The Morgan fingerprint density at radius 1 is 1.17 bits per heavy atom. The number of anilines is 1. The van der Waals surface area contributed by atoms with Crippen LogP contribution in [0.15, 0.2) is 29.2 Å². The second-order valence-electron chi connectivity index (χ2n) is 7.54. The van der Waals surface area contributed by atoms with Crippen molar-refractivity contribution < 1.29 is 13.2 Å². The lowest BCUT2D eigenvalue weighted by Gasteiger charge is -2.28. The van der Waals surface area contributed by atoms with Crippen LogP contribution in [0.4, 0.5) is 5.82 Å². The molecule has 0 saturated carbocycles. The number of benzene rings is 1. The monoisotopic (exact) mass is 417 g/mol. The number of hydrogen-bond acceptors (Lipinski definition) is 7. The highest BCUT2D eigenvalue weighted by atomic mass is 32.2. The summed E-state index contributed by atoms with van der Waals surface area (Å²) in [5.74, 6) is 2.02. The predicted octanol–water partition coefficient (Wildman–Crippen LogP) is 2.04. The number of methoxy groups -OCH3 is 1. The maximum Gasteiger partial charge on any atom is 0.243 e. The Balaban J connectivity index is 1.70. The third-order valence-electron chi connectivity index (χ3n) is 5.68. The molecule has 4 rings (SSSR count). The summed E-state index contributed by atoms with van der Waals surface area (Å²) in [4.78, 5) is 12.0. The van der Waals surface area contributed by atoms with Gasteiger partial charge in [0.15, 0.2) is 0 Å². The van der Waals surface area contributed by atoms with E-state index in [1.807, 2.05) is 7.05 Å². The number of nitrogens with one attached hydrogen (secondary N) is 1. The van der Waals surface area contributed by atoms with E-state index < -0.39 is 10.0 Å². The van der Waals surface area contributed by atoms with Gasteiger partial charge in [0.2, 0.25) is 10.0 Å². The Labute approximate surface area is 172 Å². The molecule has 1 N–H and O–H groups in total. The van der Waals surface area contributed by atoms with E-state index in [0.717, 1.165) is 43.0 Å². The average Bonchev–Trinajstić information content (AvgIpc) is 3.23. The molecular formula is C20H27N5O3S. The van der Waals surface area contributed by atoms with E-state index in [9.17, 15) is 8.42 Å². The van der Waals surface area contributed by atoms with Gasteiger partial charge in [-0.05, 0) is 50.6 Å². The van der Waals surface area contributed by atoms with Crippen molar-refractivity contribution in [1.82, 2.24) is 19.2 Å². The Morgan fingerprint density at radius 3 is 2.62 bits per heavy atom. The molecule has 1 aromatic carbocycles. The fourth-order valence-corrected chi connectivity index (χ4v) is 5.76. The molecule has 2 aromatic rings. The Bertz CT molecular complexity index is 994. The number of sulfonamides is 1. The normalized spacial score (nSPS) is 20.4. The quantitative estimate of drug-likeness (QED) is 0.796. The van der Waals surface area contributed by atoms with E-state index in [4.69, 9.17) is 14.7 Å². The summed E-state index contributed by atoms with van der Waals surface area (Å²) in [5, 5.41) is 3.18. The molecule has 1 aromatic heterocycles. The van der Waals surface area contributed by atoms with Crippen LogP contribution in [-0.4, -0.2) is 61.9 Å². The highest BCUT2D eigenvalue weighted by Crippen LogP contribution is 2.37. The second kappa shape index (κ2) is 7.89. The van der Waals surface area contributed by atoms with Gasteiger partial charge in [-0.15, -0.1) is 0 Å². The number of nitrogens with zero attached hydrogens (tertiary/aromatic N) is 4. The summed E-state index contributed by atoms with van der Waals surface area (Å²) in [6, 6.07) is 6.16. The molecule has 9 heteroatoms. The summed E-state index contributed by atoms with van der Waals surface area (Å²) in [6.07, 6.45) is 2.39. The fourth-order valence-electron chi connectivity index (χ4n) is 4.11. The fraction of sp³-hybridized carbons (Fsp3) is 0.500. The third-order valence-corrected chi connectivity index (χ3v) is 7.60. The van der Waals surface area contributed by atoms with Gasteiger partial charge in [-0.2, -0.15) is 4.31 Å². The van der Waals surface area contributed by atoms with Crippen molar-refractivity contribution in [1.29, 1.82) is 0 Å². The van der Waals surface area contributed by atoms with Crippen LogP contribution in [0.3, 0.4) is 0 Å². The molecule has 1 unspecified atom stereocenters. The summed E-state index contributed by atoms with van der Waals surface area (Å²) in [6.45, 7) is 2.18. The van der Waals surface area contributed by atoms with Crippen molar-refractivity contribution in [3.05, 3.63) is 41.3 Å². The van der Waals surface area contributed by atoms with E-state index >= 15 is 0 Å². The second-order valence-corrected chi connectivity index (χ2v) is 9.43. The highest BCUT2D eigenvalue weighted by molar-refractivity contribution is 7.89. The van der Waals surface area contributed by atoms with Gasteiger partial charge in [0.05, 0.1) is 23.7 Å². The lowest BCUT2D eigenvalue weighted by Crippen LogP contribution is -2.33. The van der Waals surface area contributed by atoms with Gasteiger partial charge >= 0.3 is 0 Å². The van der Waals surface area contributed by atoms with Crippen LogP contribution in [0, 0.1) is 0 Å². The zero-order valence-electron chi connectivity index (χ0n) is 17.1. The molecule has 1 fully saturated rings. The van der Waals surface area contributed by atoms with E-state index in [2.05, 4.69) is 17.3 Å². The van der Waals surface area contributed by atoms with E-state index in [-0.39, 0.29) is 10.9 Å². The van der Waals surface area contributed by atoms with Gasteiger partial charge in [-0.1, -0.05) is 0 Å².